The molecule has 0 aliphatic carbocycles. The molecule has 1 aromatic rings. The van der Waals surface area contributed by atoms with Gasteiger partial charge in [0.15, 0.2) is 9.84 Å². The molecule has 1 fully saturated rings. The number of hydrogen-bond donors (Lipinski definition) is 1. The van der Waals surface area contributed by atoms with Crippen molar-refractivity contribution >= 4 is 56.0 Å². The standard InChI is InChI=1S/C17H18N2O5S3/c1-10(2)14(15(20)18-11-5-7-27(22,23)9-11)19-16(21)13(26-17(19)25)8-12-4-3-6-24-12/h3-8,10-11,14H,9H2,1-2H3,(H,18,20)/b13-8-. The summed E-state index contributed by atoms with van der Waals surface area (Å²) < 4.78 is 28.6. The molecule has 0 radical (unpaired) electrons. The van der Waals surface area contributed by atoms with Gasteiger partial charge < -0.3 is 9.73 Å². The lowest BCUT2D eigenvalue weighted by atomic mass is 10.0. The van der Waals surface area contributed by atoms with Crippen LogP contribution in [0.4, 0.5) is 0 Å². The van der Waals surface area contributed by atoms with Crippen LogP contribution in [0.3, 0.4) is 0 Å². The molecule has 27 heavy (non-hydrogen) atoms. The second-order valence-corrected chi connectivity index (χ2v) is 10.1. The second-order valence-electron chi connectivity index (χ2n) is 6.53. The Labute approximate surface area is 166 Å². The smallest absolute Gasteiger partial charge is 0.267 e. The van der Waals surface area contributed by atoms with Crippen LogP contribution >= 0.6 is 24.0 Å². The largest absolute Gasteiger partial charge is 0.465 e. The first-order valence-electron chi connectivity index (χ1n) is 8.20. The van der Waals surface area contributed by atoms with E-state index in [0.717, 1.165) is 17.2 Å². The Morgan fingerprint density at radius 1 is 1.48 bits per heavy atom. The molecule has 0 spiro atoms. The van der Waals surface area contributed by atoms with Crippen molar-refractivity contribution in [3.63, 3.8) is 0 Å². The Bertz CT molecular complexity index is 932. The molecule has 1 saturated heterocycles. The third-order valence-corrected chi connectivity index (χ3v) is 6.80. The van der Waals surface area contributed by atoms with Crippen molar-refractivity contribution in [2.24, 2.45) is 5.92 Å². The van der Waals surface area contributed by atoms with Crippen molar-refractivity contribution in [1.82, 2.24) is 10.2 Å². The quantitative estimate of drug-likeness (QED) is 0.568. The molecule has 0 bridgehead atoms. The molecule has 3 rings (SSSR count). The Balaban J connectivity index is 1.80. The van der Waals surface area contributed by atoms with E-state index in [2.05, 4.69) is 5.32 Å². The molecule has 2 unspecified atom stereocenters. The second kappa shape index (κ2) is 7.61. The van der Waals surface area contributed by atoms with Crippen LogP contribution in [0, 0.1) is 5.92 Å². The zero-order valence-electron chi connectivity index (χ0n) is 14.6. The van der Waals surface area contributed by atoms with Gasteiger partial charge in [-0.15, -0.1) is 0 Å². The zero-order chi connectivity index (χ0) is 19.8. The number of carbonyl (C=O) groups is 2. The minimum absolute atomic E-state index is 0.180. The van der Waals surface area contributed by atoms with Gasteiger partial charge in [0.05, 0.1) is 23.0 Å². The summed E-state index contributed by atoms with van der Waals surface area (Å²) in [5.74, 6) is -0.697. The zero-order valence-corrected chi connectivity index (χ0v) is 17.1. The molecule has 2 amide bonds. The Morgan fingerprint density at radius 3 is 2.78 bits per heavy atom. The topological polar surface area (TPSA) is 96.7 Å². The first-order valence-corrected chi connectivity index (χ1v) is 11.1. The number of thioether (sulfide) groups is 1. The van der Waals surface area contributed by atoms with Crippen LogP contribution in [0.25, 0.3) is 6.08 Å². The molecule has 2 aliphatic heterocycles. The molecule has 0 aromatic carbocycles. The van der Waals surface area contributed by atoms with Crippen LogP contribution in [0.1, 0.15) is 19.6 Å². The molecule has 144 valence electrons. The van der Waals surface area contributed by atoms with Crippen molar-refractivity contribution in [2.45, 2.75) is 25.9 Å². The highest BCUT2D eigenvalue weighted by Crippen LogP contribution is 2.35. The molecule has 1 N–H and O–H groups in total. The monoisotopic (exact) mass is 426 g/mol. The molecule has 10 heteroatoms. The van der Waals surface area contributed by atoms with Crippen LogP contribution in [0.15, 0.2) is 39.2 Å². The minimum Gasteiger partial charge on any atom is -0.465 e. The van der Waals surface area contributed by atoms with Gasteiger partial charge in [0.1, 0.15) is 16.1 Å². The number of nitrogens with zero attached hydrogens (tertiary/aromatic N) is 1. The predicted octanol–water partition coefficient (Wildman–Crippen LogP) is 1.93. The fraction of sp³-hybridized carbons (Fsp3) is 0.353. The van der Waals surface area contributed by atoms with E-state index >= 15 is 0 Å². The average molecular weight is 427 g/mol. The number of amides is 2. The van der Waals surface area contributed by atoms with Gasteiger partial charge >= 0.3 is 0 Å². The summed E-state index contributed by atoms with van der Waals surface area (Å²) in [5.41, 5.74) is 0. The number of sulfone groups is 1. The Kier molecular flexibility index (Phi) is 5.59. The van der Waals surface area contributed by atoms with Crippen LogP contribution in [0.2, 0.25) is 0 Å². The molecule has 0 saturated carbocycles. The van der Waals surface area contributed by atoms with Crippen molar-refractivity contribution in [1.29, 1.82) is 0 Å². The lowest BCUT2D eigenvalue weighted by Crippen LogP contribution is -2.53. The highest BCUT2D eigenvalue weighted by atomic mass is 32.2. The summed E-state index contributed by atoms with van der Waals surface area (Å²) in [6.07, 6.45) is 4.52. The van der Waals surface area contributed by atoms with E-state index in [9.17, 15) is 18.0 Å². The van der Waals surface area contributed by atoms with Gasteiger partial charge in [0.25, 0.3) is 5.91 Å². The summed E-state index contributed by atoms with van der Waals surface area (Å²) in [4.78, 5) is 27.3. The summed E-state index contributed by atoms with van der Waals surface area (Å²) in [7, 11) is -3.29. The summed E-state index contributed by atoms with van der Waals surface area (Å²) in [5, 5.41) is 3.78. The van der Waals surface area contributed by atoms with Gasteiger partial charge in [0.2, 0.25) is 5.91 Å². The lowest BCUT2D eigenvalue weighted by Gasteiger charge is -2.29. The third-order valence-electron chi connectivity index (χ3n) is 4.08. The van der Waals surface area contributed by atoms with Crippen molar-refractivity contribution in [3.05, 3.63) is 40.5 Å². The number of carbonyl (C=O) groups excluding carboxylic acids is 2. The van der Waals surface area contributed by atoms with Gasteiger partial charge in [-0.25, -0.2) is 8.42 Å². The van der Waals surface area contributed by atoms with Crippen molar-refractivity contribution in [2.75, 3.05) is 5.75 Å². The molecular weight excluding hydrogens is 408 g/mol. The van der Waals surface area contributed by atoms with Crippen LogP contribution < -0.4 is 5.32 Å². The Hall–Kier alpha value is -1.91. The fourth-order valence-corrected chi connectivity index (χ4v) is 5.42. The fourth-order valence-electron chi connectivity index (χ4n) is 2.87. The lowest BCUT2D eigenvalue weighted by molar-refractivity contribution is -0.134. The number of nitrogens with one attached hydrogen (secondary N) is 1. The summed E-state index contributed by atoms with van der Waals surface area (Å²) >= 11 is 6.44. The van der Waals surface area contributed by atoms with E-state index in [-0.39, 0.29) is 21.9 Å². The number of hydrogen-bond acceptors (Lipinski definition) is 7. The van der Waals surface area contributed by atoms with E-state index < -0.39 is 27.8 Å². The maximum Gasteiger partial charge on any atom is 0.267 e. The van der Waals surface area contributed by atoms with Crippen molar-refractivity contribution in [3.8, 4) is 0 Å². The van der Waals surface area contributed by atoms with E-state index in [1.165, 1.54) is 17.2 Å². The van der Waals surface area contributed by atoms with E-state index in [1.807, 2.05) is 0 Å². The Morgan fingerprint density at radius 2 is 2.22 bits per heavy atom. The molecular formula is C17H18N2O5S3. The SMILES string of the molecule is CC(C)C(C(=O)NC1C=CS(=O)(=O)C1)N1C(=O)/C(=C/c2ccco2)SC1=S. The highest BCUT2D eigenvalue weighted by Gasteiger charge is 2.42. The molecule has 3 heterocycles. The van der Waals surface area contributed by atoms with Crippen LogP contribution in [0.5, 0.6) is 0 Å². The first kappa shape index (κ1) is 19.8. The average Bonchev–Trinajstić information content (AvgIpc) is 3.25. The third kappa shape index (κ3) is 4.33. The van der Waals surface area contributed by atoms with Gasteiger partial charge in [-0.3, -0.25) is 14.5 Å². The van der Waals surface area contributed by atoms with Gasteiger partial charge in [-0.2, -0.15) is 0 Å². The molecule has 1 aromatic heterocycles. The van der Waals surface area contributed by atoms with Gasteiger partial charge in [-0.05, 0) is 24.1 Å². The maximum absolute atomic E-state index is 12.9. The van der Waals surface area contributed by atoms with Gasteiger partial charge in [0, 0.05) is 11.5 Å². The number of furan rings is 1. The highest BCUT2D eigenvalue weighted by molar-refractivity contribution is 8.26. The summed E-state index contributed by atoms with van der Waals surface area (Å²) in [6, 6.07) is 1.98. The van der Waals surface area contributed by atoms with E-state index in [4.69, 9.17) is 16.6 Å². The molecule has 7 nitrogen and oxygen atoms in total. The number of rotatable bonds is 5. The van der Waals surface area contributed by atoms with E-state index in [1.54, 1.807) is 32.1 Å². The molecule has 2 aliphatic rings. The van der Waals surface area contributed by atoms with Crippen molar-refractivity contribution < 1.29 is 22.4 Å². The molecule has 2 atom stereocenters. The number of thiocarbonyl (C=S) groups is 1. The minimum atomic E-state index is -3.29. The maximum atomic E-state index is 12.9. The van der Waals surface area contributed by atoms with Crippen LogP contribution in [-0.2, 0) is 19.4 Å². The van der Waals surface area contributed by atoms with Gasteiger partial charge in [-0.1, -0.05) is 37.8 Å². The normalized spacial score (nSPS) is 24.2. The van der Waals surface area contributed by atoms with E-state index in [0.29, 0.717) is 10.7 Å². The first-order chi connectivity index (χ1) is 12.7. The predicted molar refractivity (Wildman–Crippen MR) is 107 cm³/mol. The summed E-state index contributed by atoms with van der Waals surface area (Å²) in [6.45, 7) is 3.61. The van der Waals surface area contributed by atoms with Crippen LogP contribution in [-0.4, -0.2) is 47.3 Å².